The van der Waals surface area contributed by atoms with Gasteiger partial charge in [0, 0.05) is 19.5 Å². The number of likely N-dealkylation sites (tertiary alicyclic amines) is 1. The summed E-state index contributed by atoms with van der Waals surface area (Å²) in [6.07, 6.45) is 3.27. The molecule has 1 saturated heterocycles. The first kappa shape index (κ1) is 10.7. The molecule has 0 atom stereocenters. The number of nitrogens with two attached hydrogens (primary N) is 1. The number of rotatable bonds is 3. The highest BCUT2D eigenvalue weighted by Gasteiger charge is 2.19. The van der Waals surface area contributed by atoms with Crippen LogP contribution in [0.25, 0.3) is 0 Å². The van der Waals surface area contributed by atoms with Gasteiger partial charge in [0.25, 0.3) is 0 Å². The van der Waals surface area contributed by atoms with E-state index in [-0.39, 0.29) is 5.91 Å². The normalized spacial score (nSPS) is 16.2. The molecule has 1 aromatic rings. The summed E-state index contributed by atoms with van der Waals surface area (Å²) in [5, 5.41) is 3.49. The molecule has 4 heteroatoms. The van der Waals surface area contributed by atoms with Crippen LogP contribution in [0.1, 0.15) is 24.0 Å². The van der Waals surface area contributed by atoms with E-state index in [0.717, 1.165) is 24.1 Å². The average Bonchev–Trinajstić information content (AvgIpc) is 2.66. The van der Waals surface area contributed by atoms with Crippen molar-refractivity contribution in [2.45, 2.75) is 19.4 Å². The molecule has 2 rings (SSSR count). The Balaban J connectivity index is 2.09. The molecule has 1 amide bonds. The van der Waals surface area contributed by atoms with Crippen LogP contribution < -0.4 is 5.84 Å². The summed E-state index contributed by atoms with van der Waals surface area (Å²) in [6.45, 7) is 1.55. The fourth-order valence-corrected chi connectivity index (χ4v) is 1.95. The lowest BCUT2D eigenvalue weighted by atomic mass is 10.1. The largest absolute Gasteiger partial charge is 0.338 e. The molecule has 0 unspecified atom stereocenters. The van der Waals surface area contributed by atoms with Crippen molar-refractivity contribution in [2.24, 2.45) is 10.9 Å². The minimum absolute atomic E-state index is 0.248. The lowest BCUT2D eigenvalue weighted by Gasteiger charge is -2.15. The Hall–Kier alpha value is -1.84. The van der Waals surface area contributed by atoms with Crippen LogP contribution >= 0.6 is 0 Å². The van der Waals surface area contributed by atoms with Gasteiger partial charge >= 0.3 is 0 Å². The molecule has 0 aliphatic carbocycles. The molecule has 0 saturated carbocycles. The smallest absolute Gasteiger partial charge is 0.222 e. The summed E-state index contributed by atoms with van der Waals surface area (Å²) in [5.41, 5.74) is 2.08. The fraction of sp³-hybridized carbons (Fsp3) is 0.333. The topological polar surface area (TPSA) is 58.7 Å². The van der Waals surface area contributed by atoms with Crippen LogP contribution in [0, 0.1) is 0 Å². The Labute approximate surface area is 94.7 Å². The molecule has 4 nitrogen and oxygen atoms in total. The molecule has 0 spiro atoms. The monoisotopic (exact) mass is 217 g/mol. The van der Waals surface area contributed by atoms with Gasteiger partial charge in [-0.1, -0.05) is 18.2 Å². The van der Waals surface area contributed by atoms with Crippen molar-refractivity contribution in [1.82, 2.24) is 4.90 Å². The molecule has 1 heterocycles. The average molecular weight is 217 g/mol. The maximum Gasteiger partial charge on any atom is 0.222 e. The number of carbonyl (C=O) groups is 1. The number of carbonyl (C=O) groups excluding carboxylic acids is 1. The summed E-state index contributed by atoms with van der Waals surface area (Å²) in [4.78, 5) is 13.4. The standard InChI is InChI=1S/C12H15N3O/c13-14-8-10-3-1-4-11(7-10)9-15-6-2-5-12(15)16/h1,3-4,7-8H,2,5-6,9,13H2. The van der Waals surface area contributed by atoms with Gasteiger partial charge in [0.1, 0.15) is 0 Å². The molecule has 1 aliphatic heterocycles. The quantitative estimate of drug-likeness (QED) is 0.468. The van der Waals surface area contributed by atoms with E-state index >= 15 is 0 Å². The van der Waals surface area contributed by atoms with E-state index in [4.69, 9.17) is 5.84 Å². The van der Waals surface area contributed by atoms with Crippen molar-refractivity contribution in [3.63, 3.8) is 0 Å². The number of amides is 1. The molecule has 1 aromatic carbocycles. The summed E-state index contributed by atoms with van der Waals surface area (Å²) < 4.78 is 0. The molecule has 16 heavy (non-hydrogen) atoms. The Morgan fingerprint density at radius 3 is 3.06 bits per heavy atom. The van der Waals surface area contributed by atoms with Crippen LogP contribution in [-0.4, -0.2) is 23.6 Å². The zero-order valence-corrected chi connectivity index (χ0v) is 9.10. The van der Waals surface area contributed by atoms with Crippen molar-refractivity contribution in [1.29, 1.82) is 0 Å². The van der Waals surface area contributed by atoms with Crippen molar-refractivity contribution in [3.8, 4) is 0 Å². The Morgan fingerprint density at radius 1 is 1.50 bits per heavy atom. The number of benzene rings is 1. The molecule has 2 N–H and O–H groups in total. The first-order valence-electron chi connectivity index (χ1n) is 5.39. The number of hydrogen-bond donors (Lipinski definition) is 1. The minimum atomic E-state index is 0.248. The minimum Gasteiger partial charge on any atom is -0.338 e. The van der Waals surface area contributed by atoms with Gasteiger partial charge in [-0.15, -0.1) is 0 Å². The third-order valence-corrected chi connectivity index (χ3v) is 2.72. The van der Waals surface area contributed by atoms with E-state index in [0.29, 0.717) is 13.0 Å². The first-order chi connectivity index (χ1) is 7.79. The Bertz CT molecular complexity index is 414. The Morgan fingerprint density at radius 2 is 2.38 bits per heavy atom. The second kappa shape index (κ2) is 4.79. The van der Waals surface area contributed by atoms with Gasteiger partial charge in [0.2, 0.25) is 5.91 Å². The third-order valence-electron chi connectivity index (χ3n) is 2.72. The van der Waals surface area contributed by atoms with E-state index < -0.39 is 0 Å². The summed E-state index contributed by atoms with van der Waals surface area (Å²) in [5.74, 6) is 5.35. The van der Waals surface area contributed by atoms with Crippen LogP contribution in [0.2, 0.25) is 0 Å². The van der Waals surface area contributed by atoms with Crippen LogP contribution in [-0.2, 0) is 11.3 Å². The van der Waals surface area contributed by atoms with Gasteiger partial charge in [-0.25, -0.2) is 0 Å². The van der Waals surface area contributed by atoms with Gasteiger partial charge < -0.3 is 10.7 Å². The summed E-state index contributed by atoms with van der Waals surface area (Å²) in [7, 11) is 0. The van der Waals surface area contributed by atoms with Crippen LogP contribution in [0.3, 0.4) is 0 Å². The molecule has 0 radical (unpaired) electrons. The summed E-state index contributed by atoms with van der Waals surface area (Å²) in [6, 6.07) is 7.90. The fourth-order valence-electron chi connectivity index (χ4n) is 1.95. The van der Waals surface area contributed by atoms with Crippen molar-refractivity contribution in [3.05, 3.63) is 35.4 Å². The lowest BCUT2D eigenvalue weighted by Crippen LogP contribution is -2.23. The van der Waals surface area contributed by atoms with Gasteiger partial charge in [0.15, 0.2) is 0 Å². The molecule has 1 fully saturated rings. The van der Waals surface area contributed by atoms with Crippen LogP contribution in [0.4, 0.5) is 0 Å². The molecular weight excluding hydrogens is 202 g/mol. The molecule has 0 bridgehead atoms. The second-order valence-corrected chi connectivity index (χ2v) is 3.94. The van der Waals surface area contributed by atoms with Gasteiger partial charge in [-0.05, 0) is 23.6 Å². The highest BCUT2D eigenvalue weighted by Crippen LogP contribution is 2.14. The zero-order chi connectivity index (χ0) is 11.4. The number of hydrogen-bond acceptors (Lipinski definition) is 3. The third kappa shape index (κ3) is 2.39. The van der Waals surface area contributed by atoms with Gasteiger partial charge in [0.05, 0.1) is 6.21 Å². The van der Waals surface area contributed by atoms with E-state index in [1.54, 1.807) is 6.21 Å². The highest BCUT2D eigenvalue weighted by atomic mass is 16.2. The van der Waals surface area contributed by atoms with Crippen LogP contribution in [0.15, 0.2) is 29.4 Å². The molecule has 84 valence electrons. The highest BCUT2D eigenvalue weighted by molar-refractivity contribution is 5.80. The summed E-state index contributed by atoms with van der Waals surface area (Å²) >= 11 is 0. The van der Waals surface area contributed by atoms with E-state index in [1.807, 2.05) is 29.2 Å². The van der Waals surface area contributed by atoms with E-state index in [2.05, 4.69) is 5.10 Å². The first-order valence-corrected chi connectivity index (χ1v) is 5.39. The maximum absolute atomic E-state index is 11.5. The Kier molecular flexibility index (Phi) is 3.19. The van der Waals surface area contributed by atoms with E-state index in [1.165, 1.54) is 0 Å². The van der Waals surface area contributed by atoms with Gasteiger partial charge in [-0.3, -0.25) is 4.79 Å². The van der Waals surface area contributed by atoms with Crippen molar-refractivity contribution in [2.75, 3.05) is 6.54 Å². The van der Waals surface area contributed by atoms with E-state index in [9.17, 15) is 4.79 Å². The predicted octanol–water partition coefficient (Wildman–Crippen LogP) is 1.10. The number of nitrogens with zero attached hydrogens (tertiary/aromatic N) is 2. The zero-order valence-electron chi connectivity index (χ0n) is 9.10. The SMILES string of the molecule is NN=Cc1cccc(CN2CCCC2=O)c1. The van der Waals surface area contributed by atoms with Gasteiger partial charge in [-0.2, -0.15) is 5.10 Å². The molecular formula is C12H15N3O. The predicted molar refractivity (Wildman–Crippen MR) is 62.9 cm³/mol. The second-order valence-electron chi connectivity index (χ2n) is 3.94. The van der Waals surface area contributed by atoms with Crippen molar-refractivity contribution >= 4 is 12.1 Å². The molecule has 0 aromatic heterocycles. The maximum atomic E-state index is 11.5. The van der Waals surface area contributed by atoms with Crippen molar-refractivity contribution < 1.29 is 4.79 Å². The molecule has 1 aliphatic rings. The lowest BCUT2D eigenvalue weighted by molar-refractivity contribution is -0.128. The number of hydrazone groups is 1. The van der Waals surface area contributed by atoms with Crippen LogP contribution in [0.5, 0.6) is 0 Å².